The van der Waals surface area contributed by atoms with E-state index in [0.717, 1.165) is 60.5 Å². The van der Waals surface area contributed by atoms with Crippen LogP contribution in [0.4, 0.5) is 0 Å². The number of aromatic amines is 1. The molecule has 4 rings (SSSR count). The molecule has 33 heavy (non-hydrogen) atoms. The summed E-state index contributed by atoms with van der Waals surface area (Å²) in [7, 11) is 1.68. The maximum atomic E-state index is 9.10. The molecule has 0 saturated carbocycles. The Morgan fingerprint density at radius 3 is 2.76 bits per heavy atom. The molecule has 1 aliphatic heterocycles. The fourth-order valence-electron chi connectivity index (χ4n) is 3.50. The highest BCUT2D eigenvalue weighted by Crippen LogP contribution is 2.31. The minimum absolute atomic E-state index is 0.208. The molecule has 3 aromatic rings. The number of nitrogens with one attached hydrogen (secondary N) is 2. The lowest BCUT2D eigenvalue weighted by Gasteiger charge is -2.26. The summed E-state index contributed by atoms with van der Waals surface area (Å²) in [5.41, 5.74) is 2.37. The van der Waals surface area contributed by atoms with Gasteiger partial charge in [0.25, 0.3) is 0 Å². The van der Waals surface area contributed by atoms with Crippen LogP contribution in [0.1, 0.15) is 18.4 Å². The molecule has 0 spiro atoms. The summed E-state index contributed by atoms with van der Waals surface area (Å²) in [5.74, 6) is -0.910. The molecule has 1 unspecified atom stereocenters. The standard InChI is InChI=1S/C22H26N2O3.C2H2O4/c1-25-17-8-6-16-7-9-18(27-22(16)14-17)15-23-11-3-13-26-21-5-2-4-20-19(21)10-12-24-20;3-1(4)2(5)6/h2,4-6,8,10,12,14,18,23-24H,3,7,9,11,13,15H2,1H3;(H,3,4)(H,5,6). The van der Waals surface area contributed by atoms with Gasteiger partial charge in [0.1, 0.15) is 23.4 Å². The summed E-state index contributed by atoms with van der Waals surface area (Å²) >= 11 is 0. The molecule has 0 amide bonds. The van der Waals surface area contributed by atoms with Crippen molar-refractivity contribution in [3.8, 4) is 17.2 Å². The van der Waals surface area contributed by atoms with Gasteiger partial charge in [-0.2, -0.15) is 0 Å². The van der Waals surface area contributed by atoms with E-state index in [-0.39, 0.29) is 6.10 Å². The largest absolute Gasteiger partial charge is 0.497 e. The third-order valence-electron chi connectivity index (χ3n) is 5.17. The fraction of sp³-hybridized carbons (Fsp3) is 0.333. The quantitative estimate of drug-likeness (QED) is 0.301. The van der Waals surface area contributed by atoms with Crippen LogP contribution in [0, 0.1) is 0 Å². The van der Waals surface area contributed by atoms with E-state index in [9.17, 15) is 0 Å². The fourth-order valence-corrected chi connectivity index (χ4v) is 3.50. The highest BCUT2D eigenvalue weighted by atomic mass is 16.5. The van der Waals surface area contributed by atoms with Crippen LogP contribution in [0.2, 0.25) is 0 Å². The Bertz CT molecular complexity index is 1070. The van der Waals surface area contributed by atoms with E-state index in [1.54, 1.807) is 7.11 Å². The SMILES string of the molecule is COc1ccc2c(c1)OC(CNCCCOc1cccc3[nH]ccc13)CC2.O=C(O)C(=O)O. The molecule has 2 heterocycles. The average molecular weight is 456 g/mol. The second-order valence-electron chi connectivity index (χ2n) is 7.46. The molecule has 4 N–H and O–H groups in total. The van der Waals surface area contributed by atoms with Crippen LogP contribution >= 0.6 is 0 Å². The van der Waals surface area contributed by atoms with E-state index < -0.39 is 11.9 Å². The number of carboxylic acid groups (broad SMARTS) is 2. The van der Waals surface area contributed by atoms with Gasteiger partial charge >= 0.3 is 11.9 Å². The van der Waals surface area contributed by atoms with Crippen molar-refractivity contribution in [2.75, 3.05) is 26.8 Å². The van der Waals surface area contributed by atoms with Gasteiger partial charge in [-0.05, 0) is 55.6 Å². The predicted octanol–water partition coefficient (Wildman–Crippen LogP) is 3.08. The number of fused-ring (bicyclic) bond motifs is 2. The van der Waals surface area contributed by atoms with Crippen LogP contribution < -0.4 is 19.5 Å². The third kappa shape index (κ3) is 6.88. The van der Waals surface area contributed by atoms with Gasteiger partial charge < -0.3 is 34.7 Å². The molecule has 1 aliphatic rings. The van der Waals surface area contributed by atoms with Crippen LogP contribution in [0.3, 0.4) is 0 Å². The summed E-state index contributed by atoms with van der Waals surface area (Å²) in [6, 6.07) is 14.2. The van der Waals surface area contributed by atoms with Gasteiger partial charge in [-0.3, -0.25) is 0 Å². The van der Waals surface area contributed by atoms with E-state index in [1.807, 2.05) is 30.5 Å². The van der Waals surface area contributed by atoms with Crippen LogP contribution in [-0.4, -0.2) is 60.0 Å². The molecule has 0 bridgehead atoms. The maximum Gasteiger partial charge on any atom is 0.414 e. The Morgan fingerprint density at radius 2 is 2.00 bits per heavy atom. The smallest absolute Gasteiger partial charge is 0.414 e. The van der Waals surface area contributed by atoms with Crippen LogP contribution in [0.15, 0.2) is 48.7 Å². The summed E-state index contributed by atoms with van der Waals surface area (Å²) in [5, 5.41) is 19.4. The number of H-pyrrole nitrogens is 1. The van der Waals surface area contributed by atoms with Crippen molar-refractivity contribution in [1.82, 2.24) is 10.3 Å². The number of carbonyl (C=O) groups is 2. The highest BCUT2D eigenvalue weighted by molar-refractivity contribution is 6.27. The molecule has 176 valence electrons. The zero-order valence-electron chi connectivity index (χ0n) is 18.4. The van der Waals surface area contributed by atoms with Crippen molar-refractivity contribution in [3.05, 3.63) is 54.2 Å². The average Bonchev–Trinajstić information content (AvgIpc) is 3.31. The lowest BCUT2D eigenvalue weighted by Crippen LogP contribution is -2.35. The minimum atomic E-state index is -1.82. The second kappa shape index (κ2) is 11.8. The summed E-state index contributed by atoms with van der Waals surface area (Å²) in [6.45, 7) is 2.46. The molecule has 1 atom stereocenters. The highest BCUT2D eigenvalue weighted by Gasteiger charge is 2.19. The van der Waals surface area contributed by atoms with Gasteiger partial charge in [-0.15, -0.1) is 0 Å². The number of aliphatic carboxylic acids is 2. The Labute approximate surface area is 191 Å². The lowest BCUT2D eigenvalue weighted by molar-refractivity contribution is -0.159. The first kappa shape index (κ1) is 23.9. The van der Waals surface area contributed by atoms with Crippen LogP contribution in [0.25, 0.3) is 10.9 Å². The Morgan fingerprint density at radius 1 is 1.18 bits per heavy atom. The van der Waals surface area contributed by atoms with Crippen molar-refractivity contribution < 1.29 is 34.0 Å². The minimum Gasteiger partial charge on any atom is -0.497 e. The molecule has 9 nitrogen and oxygen atoms in total. The molecule has 0 fully saturated rings. The van der Waals surface area contributed by atoms with E-state index in [2.05, 4.69) is 28.5 Å². The van der Waals surface area contributed by atoms with Crippen molar-refractivity contribution in [2.24, 2.45) is 0 Å². The zero-order valence-corrected chi connectivity index (χ0v) is 18.4. The third-order valence-corrected chi connectivity index (χ3v) is 5.17. The summed E-state index contributed by atoms with van der Waals surface area (Å²) < 4.78 is 17.3. The molecule has 0 radical (unpaired) electrons. The predicted molar refractivity (Wildman–Crippen MR) is 122 cm³/mol. The molecular weight excluding hydrogens is 428 g/mol. The number of carboxylic acids is 2. The van der Waals surface area contributed by atoms with E-state index in [1.165, 1.54) is 5.56 Å². The van der Waals surface area contributed by atoms with E-state index in [0.29, 0.717) is 6.61 Å². The number of methoxy groups -OCH3 is 1. The molecule has 0 saturated heterocycles. The molecular formula is C24H28N2O7. The number of benzene rings is 2. The number of aryl methyl sites for hydroxylation is 1. The first-order valence-corrected chi connectivity index (χ1v) is 10.7. The summed E-state index contributed by atoms with van der Waals surface area (Å²) in [4.78, 5) is 21.4. The maximum absolute atomic E-state index is 9.10. The number of rotatable bonds is 8. The second-order valence-corrected chi connectivity index (χ2v) is 7.46. The summed E-state index contributed by atoms with van der Waals surface area (Å²) in [6.07, 6.45) is 5.20. The number of hydrogen-bond acceptors (Lipinski definition) is 6. The first-order valence-electron chi connectivity index (χ1n) is 10.7. The van der Waals surface area contributed by atoms with Gasteiger partial charge in [0.15, 0.2) is 0 Å². The zero-order chi connectivity index (χ0) is 23.6. The van der Waals surface area contributed by atoms with E-state index in [4.69, 9.17) is 34.0 Å². The van der Waals surface area contributed by atoms with Gasteiger partial charge in [-0.1, -0.05) is 12.1 Å². The van der Waals surface area contributed by atoms with E-state index >= 15 is 0 Å². The lowest BCUT2D eigenvalue weighted by atomic mass is 10.0. The normalized spacial score (nSPS) is 14.4. The van der Waals surface area contributed by atoms with Crippen molar-refractivity contribution in [1.29, 1.82) is 0 Å². The van der Waals surface area contributed by atoms with Gasteiger partial charge in [-0.25, -0.2) is 9.59 Å². The molecule has 1 aromatic heterocycles. The Hall–Kier alpha value is -3.72. The monoisotopic (exact) mass is 456 g/mol. The van der Waals surface area contributed by atoms with Crippen molar-refractivity contribution >= 4 is 22.8 Å². The van der Waals surface area contributed by atoms with Crippen LogP contribution in [-0.2, 0) is 16.0 Å². The van der Waals surface area contributed by atoms with Gasteiger partial charge in [0, 0.05) is 29.7 Å². The van der Waals surface area contributed by atoms with Crippen LogP contribution in [0.5, 0.6) is 17.2 Å². The first-order chi connectivity index (χ1) is 16.0. The van der Waals surface area contributed by atoms with Gasteiger partial charge in [0.2, 0.25) is 0 Å². The van der Waals surface area contributed by atoms with Crippen molar-refractivity contribution in [2.45, 2.75) is 25.4 Å². The van der Waals surface area contributed by atoms with Crippen molar-refractivity contribution in [3.63, 3.8) is 0 Å². The topological polar surface area (TPSA) is 130 Å². The Kier molecular flexibility index (Phi) is 8.54. The number of ether oxygens (including phenoxy) is 3. The molecule has 9 heteroatoms. The number of hydrogen-bond donors (Lipinski definition) is 4. The van der Waals surface area contributed by atoms with Gasteiger partial charge in [0.05, 0.1) is 13.7 Å². The number of aromatic nitrogens is 1. The molecule has 2 aromatic carbocycles. The molecule has 0 aliphatic carbocycles. The Balaban J connectivity index is 0.000000454.